The molecular formula is C76H128O6. The van der Waals surface area contributed by atoms with Crippen LogP contribution < -0.4 is 0 Å². The molecule has 0 aromatic rings. The molecule has 82 heavy (non-hydrogen) atoms. The fourth-order valence-corrected chi connectivity index (χ4v) is 9.51. The second-order valence-corrected chi connectivity index (χ2v) is 22.7. The maximum atomic E-state index is 12.9. The van der Waals surface area contributed by atoms with Gasteiger partial charge < -0.3 is 14.2 Å². The van der Waals surface area contributed by atoms with Gasteiger partial charge in [-0.15, -0.1) is 0 Å². The summed E-state index contributed by atoms with van der Waals surface area (Å²) in [5, 5.41) is 0. The Morgan fingerprint density at radius 1 is 0.256 bits per heavy atom. The first-order valence-electron chi connectivity index (χ1n) is 34.5. The van der Waals surface area contributed by atoms with Crippen LogP contribution in [0.5, 0.6) is 0 Å². The van der Waals surface area contributed by atoms with Crippen LogP contribution in [0.1, 0.15) is 323 Å². The van der Waals surface area contributed by atoms with Crippen LogP contribution in [-0.4, -0.2) is 37.2 Å². The smallest absolute Gasteiger partial charge is 0.306 e. The molecule has 0 aromatic heterocycles. The normalized spacial score (nSPS) is 12.9. The van der Waals surface area contributed by atoms with Gasteiger partial charge in [0.05, 0.1) is 0 Å². The van der Waals surface area contributed by atoms with Gasteiger partial charge in [-0.3, -0.25) is 14.4 Å². The van der Waals surface area contributed by atoms with E-state index in [1.807, 2.05) is 0 Å². The van der Waals surface area contributed by atoms with Crippen molar-refractivity contribution in [2.75, 3.05) is 13.2 Å². The highest BCUT2D eigenvalue weighted by atomic mass is 16.6. The van der Waals surface area contributed by atoms with E-state index in [1.165, 1.54) is 154 Å². The number of ether oxygens (including phenoxy) is 3. The van der Waals surface area contributed by atoms with Gasteiger partial charge in [-0.2, -0.15) is 0 Å². The highest BCUT2D eigenvalue weighted by molar-refractivity contribution is 5.71. The molecule has 6 heteroatoms. The highest BCUT2D eigenvalue weighted by Gasteiger charge is 2.19. The number of hydrogen-bond donors (Lipinski definition) is 0. The average molecular weight is 1140 g/mol. The summed E-state index contributed by atoms with van der Waals surface area (Å²) in [6, 6.07) is 0. The van der Waals surface area contributed by atoms with Crippen LogP contribution in [0.15, 0.2) is 122 Å². The largest absolute Gasteiger partial charge is 0.462 e. The Hall–Kier alpha value is -4.19. The van der Waals surface area contributed by atoms with Gasteiger partial charge in [-0.05, 0) is 135 Å². The standard InChI is InChI=1S/C76H128O6/c1-4-7-10-13-16-19-22-25-28-31-32-33-34-35-36-37-38-39-40-41-42-43-44-46-48-51-54-57-60-63-66-69-75(78)81-72-73(71-80-74(77)68-65-62-59-56-53-50-47-30-27-24-21-18-15-12-9-6-3)82-76(79)70-67-64-61-58-55-52-49-45-29-26-23-20-17-14-11-8-5-2/h7,10,16,19,25-26,28-30,32-33,35-36,38-39,41-42,44,46-47,73H,4-6,8-9,11-15,17-18,20-24,27,31,34,37,40,43,45,48-72H2,1-3H3/b10-7-,19-16-,28-25-,29-26-,33-32-,36-35-,39-38-,42-41-,46-44-,47-30-. The van der Waals surface area contributed by atoms with Gasteiger partial charge in [0.1, 0.15) is 13.2 Å². The molecule has 0 rings (SSSR count). The van der Waals surface area contributed by atoms with Crippen molar-refractivity contribution in [2.24, 2.45) is 0 Å². The van der Waals surface area contributed by atoms with E-state index in [4.69, 9.17) is 14.2 Å². The molecule has 0 aromatic carbocycles. The van der Waals surface area contributed by atoms with E-state index in [2.05, 4.69) is 142 Å². The monoisotopic (exact) mass is 1140 g/mol. The summed E-state index contributed by atoms with van der Waals surface area (Å²) in [4.78, 5) is 38.4. The fraction of sp³-hybridized carbons (Fsp3) is 0.697. The lowest BCUT2D eigenvalue weighted by Gasteiger charge is -2.18. The van der Waals surface area contributed by atoms with Crippen molar-refractivity contribution in [1.29, 1.82) is 0 Å². The number of hydrogen-bond acceptors (Lipinski definition) is 6. The SMILES string of the molecule is CC/C=C\C/C=C\C/C=C\C/C=C\C/C=C\C/C=C\C/C=C\C/C=C\CCCCCCCCC(=O)OCC(COC(=O)CCCCCCC/C=C\CCCCCCCCC)OC(=O)CCCCCCCCC/C=C\CCCCCCCC. The molecule has 1 unspecified atom stereocenters. The first kappa shape index (κ1) is 77.8. The van der Waals surface area contributed by atoms with Crippen molar-refractivity contribution in [3.63, 3.8) is 0 Å². The van der Waals surface area contributed by atoms with Crippen molar-refractivity contribution in [3.8, 4) is 0 Å². The molecule has 0 bridgehead atoms. The molecule has 6 nitrogen and oxygen atoms in total. The second-order valence-electron chi connectivity index (χ2n) is 22.7. The third-order valence-electron chi connectivity index (χ3n) is 14.7. The Kier molecular flexibility index (Phi) is 65.8. The molecule has 0 heterocycles. The predicted molar refractivity (Wildman–Crippen MR) is 357 cm³/mol. The van der Waals surface area contributed by atoms with Crippen molar-refractivity contribution in [2.45, 2.75) is 329 Å². The Bertz CT molecular complexity index is 1690. The van der Waals surface area contributed by atoms with Crippen molar-refractivity contribution in [3.05, 3.63) is 122 Å². The van der Waals surface area contributed by atoms with Crippen molar-refractivity contribution in [1.82, 2.24) is 0 Å². The van der Waals surface area contributed by atoms with E-state index in [9.17, 15) is 14.4 Å². The van der Waals surface area contributed by atoms with E-state index in [0.29, 0.717) is 19.3 Å². The van der Waals surface area contributed by atoms with Crippen LogP contribution in [-0.2, 0) is 28.6 Å². The van der Waals surface area contributed by atoms with Crippen LogP contribution in [0.4, 0.5) is 0 Å². The molecule has 0 radical (unpaired) electrons. The molecule has 1 atom stereocenters. The van der Waals surface area contributed by atoms with Crippen LogP contribution in [0, 0.1) is 0 Å². The minimum absolute atomic E-state index is 0.0890. The number of carbonyl (C=O) groups excluding carboxylic acids is 3. The van der Waals surface area contributed by atoms with Crippen molar-refractivity contribution >= 4 is 17.9 Å². The number of rotatable bonds is 62. The summed E-state index contributed by atoms with van der Waals surface area (Å²) in [5.74, 6) is -0.907. The molecule has 468 valence electrons. The summed E-state index contributed by atoms with van der Waals surface area (Å²) < 4.78 is 16.9. The Balaban J connectivity index is 4.37. The lowest BCUT2D eigenvalue weighted by atomic mass is 10.1. The minimum atomic E-state index is -0.794. The molecule has 0 fully saturated rings. The van der Waals surface area contributed by atoms with Crippen LogP contribution in [0.3, 0.4) is 0 Å². The first-order chi connectivity index (χ1) is 40.5. The predicted octanol–water partition coefficient (Wildman–Crippen LogP) is 23.9. The van der Waals surface area contributed by atoms with E-state index < -0.39 is 6.10 Å². The number of esters is 3. The van der Waals surface area contributed by atoms with E-state index >= 15 is 0 Å². The minimum Gasteiger partial charge on any atom is -0.462 e. The number of allylic oxidation sites excluding steroid dienone is 20. The molecule has 0 saturated carbocycles. The lowest BCUT2D eigenvalue weighted by Crippen LogP contribution is -2.30. The quantitative estimate of drug-likeness (QED) is 0.0261. The molecule has 0 aliphatic carbocycles. The molecule has 0 amide bonds. The van der Waals surface area contributed by atoms with E-state index in [0.717, 1.165) is 128 Å². The van der Waals surface area contributed by atoms with E-state index in [1.54, 1.807) is 0 Å². The number of carbonyl (C=O) groups is 3. The fourth-order valence-electron chi connectivity index (χ4n) is 9.51. The third kappa shape index (κ3) is 66.6. The second kappa shape index (κ2) is 69.3. The molecule has 0 saturated heterocycles. The maximum Gasteiger partial charge on any atom is 0.306 e. The Morgan fingerprint density at radius 2 is 0.476 bits per heavy atom. The summed E-state index contributed by atoms with van der Waals surface area (Å²) in [6.45, 7) is 6.52. The summed E-state index contributed by atoms with van der Waals surface area (Å²) in [6.07, 6.45) is 96.4. The van der Waals surface area contributed by atoms with Crippen LogP contribution in [0.2, 0.25) is 0 Å². The zero-order valence-electron chi connectivity index (χ0n) is 53.7. The van der Waals surface area contributed by atoms with Crippen LogP contribution in [0.25, 0.3) is 0 Å². The maximum absolute atomic E-state index is 12.9. The molecule has 0 aliphatic rings. The molecular weight excluding hydrogens is 1010 g/mol. The highest BCUT2D eigenvalue weighted by Crippen LogP contribution is 2.16. The van der Waals surface area contributed by atoms with Gasteiger partial charge in [0, 0.05) is 19.3 Å². The molecule has 0 N–H and O–H groups in total. The summed E-state index contributed by atoms with van der Waals surface area (Å²) >= 11 is 0. The molecule has 0 aliphatic heterocycles. The molecule has 0 spiro atoms. The lowest BCUT2D eigenvalue weighted by molar-refractivity contribution is -0.167. The average Bonchev–Trinajstić information content (AvgIpc) is 3.48. The zero-order chi connectivity index (χ0) is 59.2. The third-order valence-corrected chi connectivity index (χ3v) is 14.7. The van der Waals surface area contributed by atoms with Gasteiger partial charge >= 0.3 is 17.9 Å². The zero-order valence-corrected chi connectivity index (χ0v) is 53.7. The van der Waals surface area contributed by atoms with Crippen molar-refractivity contribution < 1.29 is 28.6 Å². The summed E-state index contributed by atoms with van der Waals surface area (Å²) in [7, 11) is 0. The summed E-state index contributed by atoms with van der Waals surface area (Å²) in [5.41, 5.74) is 0. The first-order valence-corrected chi connectivity index (χ1v) is 34.5. The number of unbranched alkanes of at least 4 members (excludes halogenated alkanes) is 31. The van der Waals surface area contributed by atoms with Gasteiger partial charge in [0.15, 0.2) is 6.10 Å². The van der Waals surface area contributed by atoms with Gasteiger partial charge in [-0.1, -0.05) is 290 Å². The Labute approximate surface area is 507 Å². The Morgan fingerprint density at radius 3 is 0.756 bits per heavy atom. The van der Waals surface area contributed by atoms with Gasteiger partial charge in [0.2, 0.25) is 0 Å². The van der Waals surface area contributed by atoms with Crippen LogP contribution >= 0.6 is 0 Å². The topological polar surface area (TPSA) is 78.9 Å². The van der Waals surface area contributed by atoms with Gasteiger partial charge in [0.25, 0.3) is 0 Å². The van der Waals surface area contributed by atoms with Gasteiger partial charge in [-0.25, -0.2) is 0 Å². The van der Waals surface area contributed by atoms with E-state index in [-0.39, 0.29) is 31.1 Å².